The molecule has 0 atom stereocenters. The summed E-state index contributed by atoms with van der Waals surface area (Å²) < 4.78 is 18.6. The van der Waals surface area contributed by atoms with Crippen molar-refractivity contribution in [3.05, 3.63) is 71.2 Å². The van der Waals surface area contributed by atoms with Gasteiger partial charge in [-0.05, 0) is 30.7 Å². The second-order valence-corrected chi connectivity index (χ2v) is 4.86. The third-order valence-corrected chi connectivity index (χ3v) is 3.44. The third kappa shape index (κ3) is 2.58. The predicted molar refractivity (Wildman–Crippen MR) is 77.9 cm³/mol. The summed E-state index contributed by atoms with van der Waals surface area (Å²) in [6, 6.07) is 14.6. The second-order valence-electron chi connectivity index (χ2n) is 4.86. The highest BCUT2D eigenvalue weighted by Gasteiger charge is 2.09. The maximum atomic E-state index is 12.8. The normalized spacial score (nSPS) is 11.1. The van der Waals surface area contributed by atoms with Crippen LogP contribution >= 0.6 is 0 Å². The number of para-hydroxylation sites is 1. The molecule has 0 spiro atoms. The zero-order chi connectivity index (χ0) is 13.9. The zero-order valence-corrected chi connectivity index (χ0v) is 11.3. The first kappa shape index (κ1) is 12.9. The van der Waals surface area contributed by atoms with Crippen molar-refractivity contribution >= 4 is 11.0 Å². The Morgan fingerprint density at radius 3 is 2.55 bits per heavy atom. The summed E-state index contributed by atoms with van der Waals surface area (Å²) >= 11 is 0. The average molecular weight is 269 g/mol. The molecule has 3 rings (SSSR count). The van der Waals surface area contributed by atoms with Crippen LogP contribution in [0.2, 0.25) is 0 Å². The van der Waals surface area contributed by atoms with Gasteiger partial charge in [0.2, 0.25) is 0 Å². The lowest BCUT2D eigenvalue weighted by atomic mass is 10.1. The molecule has 0 saturated carbocycles. The molecule has 3 heteroatoms. The molecule has 2 nitrogen and oxygen atoms in total. The van der Waals surface area contributed by atoms with Gasteiger partial charge in [-0.2, -0.15) is 0 Å². The molecule has 0 aliphatic rings. The van der Waals surface area contributed by atoms with E-state index in [1.807, 2.05) is 25.1 Å². The van der Waals surface area contributed by atoms with E-state index in [0.29, 0.717) is 6.54 Å². The first-order valence-electron chi connectivity index (χ1n) is 6.66. The number of nitrogens with one attached hydrogen (secondary N) is 1. The van der Waals surface area contributed by atoms with Gasteiger partial charge in [0.05, 0.1) is 0 Å². The standard InChI is InChI=1S/C17H16FNO/c1-12-16(15-4-2-3-5-17(15)20-12)11-19-10-13-6-8-14(18)9-7-13/h2-9,19H,10-11H2,1H3. The lowest BCUT2D eigenvalue weighted by molar-refractivity contribution is 0.565. The Labute approximate surface area is 117 Å². The molecule has 0 amide bonds. The van der Waals surface area contributed by atoms with Gasteiger partial charge >= 0.3 is 0 Å². The molecule has 0 radical (unpaired) electrons. The van der Waals surface area contributed by atoms with Crippen LogP contribution in [0.1, 0.15) is 16.9 Å². The maximum absolute atomic E-state index is 12.8. The first-order chi connectivity index (χ1) is 9.74. The van der Waals surface area contributed by atoms with E-state index >= 15 is 0 Å². The molecule has 20 heavy (non-hydrogen) atoms. The van der Waals surface area contributed by atoms with E-state index in [0.717, 1.165) is 28.8 Å². The highest BCUT2D eigenvalue weighted by Crippen LogP contribution is 2.24. The van der Waals surface area contributed by atoms with Crippen molar-refractivity contribution in [1.29, 1.82) is 0 Å². The molecular weight excluding hydrogens is 253 g/mol. The Kier molecular flexibility index (Phi) is 3.52. The van der Waals surface area contributed by atoms with Gasteiger partial charge in [-0.1, -0.05) is 30.3 Å². The molecule has 2 aromatic carbocycles. The number of halogens is 1. The van der Waals surface area contributed by atoms with E-state index in [4.69, 9.17) is 4.42 Å². The number of aryl methyl sites for hydroxylation is 1. The Hall–Kier alpha value is -2.13. The van der Waals surface area contributed by atoms with Crippen molar-refractivity contribution in [2.45, 2.75) is 20.0 Å². The molecule has 3 aromatic rings. The van der Waals surface area contributed by atoms with Crippen molar-refractivity contribution in [1.82, 2.24) is 5.32 Å². The van der Waals surface area contributed by atoms with Crippen LogP contribution in [0.3, 0.4) is 0 Å². The molecule has 1 N–H and O–H groups in total. The SMILES string of the molecule is Cc1oc2ccccc2c1CNCc1ccc(F)cc1. The van der Waals surface area contributed by atoms with Gasteiger partial charge in [0.25, 0.3) is 0 Å². The van der Waals surface area contributed by atoms with Crippen LogP contribution < -0.4 is 5.32 Å². The fourth-order valence-corrected chi connectivity index (χ4v) is 2.37. The van der Waals surface area contributed by atoms with Crippen LogP contribution in [-0.2, 0) is 13.1 Å². The van der Waals surface area contributed by atoms with Crippen molar-refractivity contribution in [2.75, 3.05) is 0 Å². The number of benzene rings is 2. The van der Waals surface area contributed by atoms with Crippen molar-refractivity contribution in [2.24, 2.45) is 0 Å². The van der Waals surface area contributed by atoms with Crippen LogP contribution in [0.4, 0.5) is 4.39 Å². The van der Waals surface area contributed by atoms with Gasteiger partial charge in [0, 0.05) is 24.0 Å². The minimum Gasteiger partial charge on any atom is -0.461 e. The summed E-state index contributed by atoms with van der Waals surface area (Å²) in [6.45, 7) is 3.42. The Bertz CT molecular complexity index is 715. The Morgan fingerprint density at radius 1 is 1.00 bits per heavy atom. The first-order valence-corrected chi connectivity index (χ1v) is 6.66. The number of hydrogen-bond donors (Lipinski definition) is 1. The lowest BCUT2D eigenvalue weighted by Crippen LogP contribution is -2.13. The molecule has 102 valence electrons. The smallest absolute Gasteiger partial charge is 0.134 e. The molecule has 1 heterocycles. The quantitative estimate of drug-likeness (QED) is 0.769. The number of furan rings is 1. The Balaban J connectivity index is 1.71. The van der Waals surface area contributed by atoms with Crippen molar-refractivity contribution < 1.29 is 8.81 Å². The highest BCUT2D eigenvalue weighted by atomic mass is 19.1. The number of fused-ring (bicyclic) bond motifs is 1. The largest absolute Gasteiger partial charge is 0.461 e. The van der Waals surface area contributed by atoms with Gasteiger partial charge in [0.15, 0.2) is 0 Å². The van der Waals surface area contributed by atoms with E-state index in [-0.39, 0.29) is 5.82 Å². The van der Waals surface area contributed by atoms with Crippen LogP contribution in [0, 0.1) is 12.7 Å². The van der Waals surface area contributed by atoms with Gasteiger partial charge in [0.1, 0.15) is 17.2 Å². The summed E-state index contributed by atoms with van der Waals surface area (Å²) in [4.78, 5) is 0. The minimum atomic E-state index is -0.203. The fourth-order valence-electron chi connectivity index (χ4n) is 2.37. The minimum absolute atomic E-state index is 0.203. The molecular formula is C17H16FNO. The zero-order valence-electron chi connectivity index (χ0n) is 11.3. The molecule has 0 saturated heterocycles. The summed E-state index contributed by atoms with van der Waals surface area (Å²) in [6.07, 6.45) is 0. The van der Waals surface area contributed by atoms with Crippen LogP contribution in [-0.4, -0.2) is 0 Å². The molecule has 0 bridgehead atoms. The maximum Gasteiger partial charge on any atom is 0.134 e. The fraction of sp³-hybridized carbons (Fsp3) is 0.176. The molecule has 0 aliphatic carbocycles. The van der Waals surface area contributed by atoms with E-state index < -0.39 is 0 Å². The van der Waals surface area contributed by atoms with Crippen molar-refractivity contribution in [3.8, 4) is 0 Å². The molecule has 0 unspecified atom stereocenters. The van der Waals surface area contributed by atoms with Gasteiger partial charge < -0.3 is 9.73 Å². The van der Waals surface area contributed by atoms with E-state index in [1.165, 1.54) is 17.7 Å². The van der Waals surface area contributed by atoms with Gasteiger partial charge in [-0.3, -0.25) is 0 Å². The van der Waals surface area contributed by atoms with E-state index in [1.54, 1.807) is 12.1 Å². The van der Waals surface area contributed by atoms with E-state index in [2.05, 4.69) is 11.4 Å². The molecule has 1 aromatic heterocycles. The second kappa shape index (κ2) is 5.47. The molecule has 0 aliphatic heterocycles. The summed E-state index contributed by atoms with van der Waals surface area (Å²) in [7, 11) is 0. The average Bonchev–Trinajstić information content (AvgIpc) is 2.77. The van der Waals surface area contributed by atoms with Crippen LogP contribution in [0.25, 0.3) is 11.0 Å². The van der Waals surface area contributed by atoms with Gasteiger partial charge in [-0.15, -0.1) is 0 Å². The van der Waals surface area contributed by atoms with Crippen molar-refractivity contribution in [3.63, 3.8) is 0 Å². The van der Waals surface area contributed by atoms with Crippen LogP contribution in [0.5, 0.6) is 0 Å². The summed E-state index contributed by atoms with van der Waals surface area (Å²) in [5, 5.41) is 4.52. The summed E-state index contributed by atoms with van der Waals surface area (Å²) in [5.74, 6) is 0.739. The summed E-state index contributed by atoms with van der Waals surface area (Å²) in [5.41, 5.74) is 3.17. The predicted octanol–water partition coefficient (Wildman–Crippen LogP) is 4.17. The number of hydrogen-bond acceptors (Lipinski definition) is 2. The lowest BCUT2D eigenvalue weighted by Gasteiger charge is -2.05. The molecule has 0 fully saturated rings. The van der Waals surface area contributed by atoms with Gasteiger partial charge in [-0.25, -0.2) is 4.39 Å². The Morgan fingerprint density at radius 2 is 1.75 bits per heavy atom. The third-order valence-electron chi connectivity index (χ3n) is 3.44. The topological polar surface area (TPSA) is 25.2 Å². The van der Waals surface area contributed by atoms with Crippen LogP contribution in [0.15, 0.2) is 52.9 Å². The highest BCUT2D eigenvalue weighted by molar-refractivity contribution is 5.82. The monoisotopic (exact) mass is 269 g/mol. The number of rotatable bonds is 4. The van der Waals surface area contributed by atoms with E-state index in [9.17, 15) is 4.39 Å².